The molecule has 4 heterocycles. The first-order valence-electron chi connectivity index (χ1n) is 11.4. The quantitative estimate of drug-likeness (QED) is 0.604. The Bertz CT molecular complexity index is 1250. The van der Waals surface area contributed by atoms with Gasteiger partial charge >= 0.3 is 5.69 Å². The number of aromatic nitrogens is 4. The highest BCUT2D eigenvalue weighted by molar-refractivity contribution is 6.30. The zero-order chi connectivity index (χ0) is 22.4. The van der Waals surface area contributed by atoms with Gasteiger partial charge in [-0.1, -0.05) is 24.9 Å². The molecule has 0 bridgehead atoms. The number of hydrogen-bond acceptors (Lipinski definition) is 5. The van der Waals surface area contributed by atoms with E-state index in [9.17, 15) is 9.59 Å². The minimum Gasteiger partial charge on any atom is -0.312 e. The Morgan fingerprint density at radius 1 is 1.03 bits per heavy atom. The van der Waals surface area contributed by atoms with Crippen molar-refractivity contribution in [2.24, 2.45) is 13.0 Å². The Balaban J connectivity index is 1.60. The van der Waals surface area contributed by atoms with Crippen molar-refractivity contribution in [3.8, 4) is 0 Å². The van der Waals surface area contributed by atoms with Gasteiger partial charge in [0.05, 0.1) is 0 Å². The molecule has 1 aromatic carbocycles. The van der Waals surface area contributed by atoms with Gasteiger partial charge in [0.15, 0.2) is 11.2 Å². The van der Waals surface area contributed by atoms with Crippen LogP contribution in [0.1, 0.15) is 26.2 Å². The van der Waals surface area contributed by atoms with E-state index >= 15 is 0 Å². The van der Waals surface area contributed by atoms with Gasteiger partial charge in [-0.2, -0.15) is 4.98 Å². The topological polar surface area (TPSA) is 68.3 Å². The number of benzene rings is 1. The van der Waals surface area contributed by atoms with Crippen molar-refractivity contribution in [3.05, 3.63) is 50.1 Å². The summed E-state index contributed by atoms with van der Waals surface area (Å²) >= 11 is 6.08. The largest absolute Gasteiger partial charge is 0.332 e. The van der Waals surface area contributed by atoms with E-state index in [1.54, 1.807) is 7.05 Å². The van der Waals surface area contributed by atoms with Gasteiger partial charge < -0.3 is 14.4 Å². The third-order valence-electron chi connectivity index (χ3n) is 6.67. The number of nitrogens with zero attached hydrogens (tertiary/aromatic N) is 6. The maximum atomic E-state index is 13.5. The van der Waals surface area contributed by atoms with Crippen molar-refractivity contribution in [2.75, 3.05) is 31.1 Å². The second-order valence-corrected chi connectivity index (χ2v) is 9.52. The van der Waals surface area contributed by atoms with Crippen LogP contribution >= 0.6 is 11.6 Å². The summed E-state index contributed by atoms with van der Waals surface area (Å²) in [4.78, 5) is 35.8. The fourth-order valence-corrected chi connectivity index (χ4v) is 5.09. The van der Waals surface area contributed by atoms with Gasteiger partial charge in [0.25, 0.3) is 5.56 Å². The number of piperidine rings is 1. The molecule has 3 aromatic rings. The van der Waals surface area contributed by atoms with E-state index < -0.39 is 0 Å². The first-order chi connectivity index (χ1) is 15.4. The third-order valence-corrected chi connectivity index (χ3v) is 6.92. The Morgan fingerprint density at radius 2 is 1.75 bits per heavy atom. The van der Waals surface area contributed by atoms with E-state index in [2.05, 4.69) is 16.7 Å². The summed E-state index contributed by atoms with van der Waals surface area (Å²) in [6.07, 6.45) is 3.62. The van der Waals surface area contributed by atoms with Gasteiger partial charge in [0, 0.05) is 43.9 Å². The summed E-state index contributed by atoms with van der Waals surface area (Å²) in [6, 6.07) is 7.62. The normalized spacial score (nSPS) is 19.5. The van der Waals surface area contributed by atoms with Gasteiger partial charge in [-0.05, 0) is 56.1 Å². The van der Waals surface area contributed by atoms with Crippen molar-refractivity contribution >= 4 is 34.4 Å². The van der Waals surface area contributed by atoms with Crippen LogP contribution in [0.3, 0.4) is 0 Å². The highest BCUT2D eigenvalue weighted by Crippen LogP contribution is 2.33. The van der Waals surface area contributed by atoms with Crippen LogP contribution in [0.2, 0.25) is 5.02 Å². The Kier molecular flexibility index (Phi) is 5.59. The van der Waals surface area contributed by atoms with Crippen LogP contribution in [0.25, 0.3) is 11.2 Å². The molecule has 1 fully saturated rings. The van der Waals surface area contributed by atoms with Gasteiger partial charge in [-0.25, -0.2) is 4.79 Å². The Hall–Kier alpha value is -2.58. The molecule has 0 amide bonds. The lowest BCUT2D eigenvalue weighted by Gasteiger charge is -2.33. The highest BCUT2D eigenvalue weighted by Gasteiger charge is 2.30. The summed E-state index contributed by atoms with van der Waals surface area (Å²) < 4.78 is 4.89. The monoisotopic (exact) mass is 456 g/mol. The minimum atomic E-state index is -0.305. The van der Waals surface area contributed by atoms with Crippen LogP contribution < -0.4 is 16.1 Å². The van der Waals surface area contributed by atoms with E-state index in [-0.39, 0.29) is 11.2 Å². The molecule has 32 heavy (non-hydrogen) atoms. The third kappa shape index (κ3) is 3.65. The van der Waals surface area contributed by atoms with Crippen molar-refractivity contribution < 1.29 is 0 Å². The maximum absolute atomic E-state index is 13.5. The van der Waals surface area contributed by atoms with E-state index in [0.29, 0.717) is 41.1 Å². The van der Waals surface area contributed by atoms with Crippen LogP contribution in [0, 0.1) is 5.92 Å². The highest BCUT2D eigenvalue weighted by atomic mass is 35.5. The Labute approximate surface area is 191 Å². The number of imidazole rings is 1. The molecule has 0 N–H and O–H groups in total. The zero-order valence-electron chi connectivity index (χ0n) is 18.6. The SMILES string of the molecule is C[C@H]1CN(c2ccc(Cl)cc2)c2nc3c(c(=O)n(CCN4CCCCC4)c(=O)n3C)n2C1. The summed E-state index contributed by atoms with van der Waals surface area (Å²) in [5.41, 5.74) is 1.36. The fraction of sp³-hybridized carbons (Fsp3) is 0.522. The van der Waals surface area contributed by atoms with Gasteiger partial charge in [-0.15, -0.1) is 0 Å². The molecule has 5 rings (SSSR count). The molecule has 1 saturated heterocycles. The van der Waals surface area contributed by atoms with Gasteiger partial charge in [0.2, 0.25) is 5.95 Å². The predicted octanol–water partition coefficient (Wildman–Crippen LogP) is 2.82. The number of fused-ring (bicyclic) bond motifs is 3. The zero-order valence-corrected chi connectivity index (χ0v) is 19.4. The molecule has 9 heteroatoms. The molecule has 2 aromatic heterocycles. The summed E-state index contributed by atoms with van der Waals surface area (Å²) in [5.74, 6) is 1.01. The van der Waals surface area contributed by atoms with Gasteiger partial charge in [0.1, 0.15) is 0 Å². The number of likely N-dealkylation sites (tertiary alicyclic amines) is 1. The number of rotatable bonds is 4. The summed E-state index contributed by atoms with van der Waals surface area (Å²) in [6.45, 7) is 6.82. The molecule has 2 aliphatic rings. The van der Waals surface area contributed by atoms with Crippen molar-refractivity contribution in [2.45, 2.75) is 39.3 Å². The number of anilines is 2. The molecule has 0 saturated carbocycles. The average Bonchev–Trinajstić information content (AvgIpc) is 3.18. The van der Waals surface area contributed by atoms with Crippen LogP contribution in [0.15, 0.2) is 33.9 Å². The summed E-state index contributed by atoms with van der Waals surface area (Å²) in [5, 5.41) is 0.672. The lowest BCUT2D eigenvalue weighted by molar-refractivity contribution is 0.218. The molecule has 2 aliphatic heterocycles. The molecular formula is C23H29ClN6O2. The molecule has 0 unspecified atom stereocenters. The number of halogens is 1. The van der Waals surface area contributed by atoms with E-state index in [4.69, 9.17) is 16.6 Å². The lowest BCUT2D eigenvalue weighted by atomic mass is 10.1. The minimum absolute atomic E-state index is 0.246. The van der Waals surface area contributed by atoms with Crippen molar-refractivity contribution in [3.63, 3.8) is 0 Å². The smallest absolute Gasteiger partial charge is 0.312 e. The molecule has 170 valence electrons. The van der Waals surface area contributed by atoms with Crippen LogP contribution in [-0.4, -0.2) is 49.8 Å². The molecule has 0 aliphatic carbocycles. The first kappa shape index (κ1) is 21.3. The molecule has 0 radical (unpaired) electrons. The second kappa shape index (κ2) is 8.41. The van der Waals surface area contributed by atoms with Crippen LogP contribution in [0.4, 0.5) is 11.6 Å². The van der Waals surface area contributed by atoms with Crippen molar-refractivity contribution in [1.29, 1.82) is 0 Å². The van der Waals surface area contributed by atoms with E-state index in [1.807, 2.05) is 28.8 Å². The van der Waals surface area contributed by atoms with E-state index in [1.165, 1.54) is 28.4 Å². The number of hydrogen-bond donors (Lipinski definition) is 0. The first-order valence-corrected chi connectivity index (χ1v) is 11.8. The van der Waals surface area contributed by atoms with E-state index in [0.717, 1.165) is 31.9 Å². The van der Waals surface area contributed by atoms with Crippen LogP contribution in [-0.2, 0) is 20.1 Å². The lowest BCUT2D eigenvalue weighted by Crippen LogP contribution is -2.43. The standard InChI is InChI=1S/C23H29ClN6O2/c1-16-14-29(18-8-6-17(24)7-9-18)22-25-20-19(30(22)15-16)21(31)28(23(32)26(20)2)13-12-27-10-4-3-5-11-27/h6-9,16H,3-5,10-15H2,1-2H3/t16-/m0/s1. The fourth-order valence-electron chi connectivity index (χ4n) is 4.97. The maximum Gasteiger partial charge on any atom is 0.332 e. The van der Waals surface area contributed by atoms with Gasteiger partial charge in [-0.3, -0.25) is 13.9 Å². The second-order valence-electron chi connectivity index (χ2n) is 9.09. The van der Waals surface area contributed by atoms with Crippen molar-refractivity contribution in [1.82, 2.24) is 23.6 Å². The Morgan fingerprint density at radius 3 is 2.47 bits per heavy atom. The number of aryl methyl sites for hydroxylation is 1. The molecule has 1 atom stereocenters. The molecular weight excluding hydrogens is 428 g/mol. The molecule has 8 nitrogen and oxygen atoms in total. The average molecular weight is 457 g/mol. The predicted molar refractivity (Wildman–Crippen MR) is 127 cm³/mol. The summed E-state index contributed by atoms with van der Waals surface area (Å²) in [7, 11) is 1.70. The molecule has 0 spiro atoms. The van der Waals surface area contributed by atoms with Crippen LogP contribution in [0.5, 0.6) is 0 Å².